The highest BCUT2D eigenvalue weighted by Gasteiger charge is 2.17. The first-order valence-corrected chi connectivity index (χ1v) is 21.7. The number of rotatable bonds is 10. The van der Waals surface area contributed by atoms with E-state index in [1.807, 2.05) is 158 Å². The average molecular weight is 836 g/mol. The van der Waals surface area contributed by atoms with Crippen LogP contribution < -0.4 is 4.90 Å². The largest absolute Gasteiger partial charge is 0.311 e. The van der Waals surface area contributed by atoms with Gasteiger partial charge < -0.3 is 4.90 Å². The molecule has 0 unspecified atom stereocenters. The summed E-state index contributed by atoms with van der Waals surface area (Å²) in [7, 11) is 0. The van der Waals surface area contributed by atoms with Crippen molar-refractivity contribution in [2.24, 2.45) is 0 Å². The molecular weight excluding hydrogens is 783 g/mol. The van der Waals surface area contributed by atoms with E-state index in [0.29, 0.717) is 16.8 Å². The second kappa shape index (κ2) is 17.7. The maximum Gasteiger partial charge on any atom is 0.0645 e. The van der Waals surface area contributed by atoms with Crippen LogP contribution in [0, 0.1) is 0 Å². The zero-order valence-electron chi connectivity index (χ0n) is 43.3. The third-order valence-corrected chi connectivity index (χ3v) is 11.8. The fraction of sp³-hybridized carbons (Fsp3) is 0. The van der Waals surface area contributed by atoms with Crippen molar-refractivity contribution in [3.63, 3.8) is 0 Å². The minimum atomic E-state index is -0.413. The van der Waals surface area contributed by atoms with Crippen LogP contribution in [0.15, 0.2) is 273 Å². The topological polar surface area (TPSA) is 3.24 Å². The summed E-state index contributed by atoms with van der Waals surface area (Å²) in [6.07, 6.45) is 0. The highest BCUT2D eigenvalue weighted by molar-refractivity contribution is 6.04. The first-order valence-electron chi connectivity index (χ1n) is 25.7. The van der Waals surface area contributed by atoms with E-state index in [2.05, 4.69) is 42.5 Å². The Labute approximate surface area is 393 Å². The minimum absolute atomic E-state index is 0.0854. The monoisotopic (exact) mass is 835 g/mol. The van der Waals surface area contributed by atoms with Gasteiger partial charge in [-0.3, -0.25) is 0 Å². The molecule has 0 bridgehead atoms. The van der Waals surface area contributed by atoms with Crippen molar-refractivity contribution in [2.45, 2.75) is 0 Å². The van der Waals surface area contributed by atoms with Gasteiger partial charge in [0, 0.05) is 17.1 Å². The molecule has 11 aromatic rings. The van der Waals surface area contributed by atoms with Crippen molar-refractivity contribution in [1.29, 1.82) is 0 Å². The fourth-order valence-electron chi connectivity index (χ4n) is 8.54. The van der Waals surface area contributed by atoms with Crippen molar-refractivity contribution in [3.8, 4) is 77.9 Å². The van der Waals surface area contributed by atoms with Crippen LogP contribution in [0.2, 0.25) is 0 Å². The lowest BCUT2D eigenvalue weighted by molar-refractivity contribution is 1.28. The highest BCUT2D eigenvalue weighted by atomic mass is 15.1. The Kier molecular flexibility index (Phi) is 8.53. The molecule has 0 atom stereocenters. The first kappa shape index (κ1) is 31.3. The van der Waals surface area contributed by atoms with Gasteiger partial charge >= 0.3 is 0 Å². The first-order chi connectivity index (χ1) is 35.6. The van der Waals surface area contributed by atoms with Gasteiger partial charge in [-0.2, -0.15) is 0 Å². The van der Waals surface area contributed by atoms with E-state index in [4.69, 9.17) is 0 Å². The Balaban J connectivity index is 1.12. The van der Waals surface area contributed by atoms with Crippen molar-refractivity contribution in [2.75, 3.05) is 4.90 Å². The van der Waals surface area contributed by atoms with Gasteiger partial charge in [-0.05, 0) is 143 Å². The van der Waals surface area contributed by atoms with Crippen molar-refractivity contribution in [3.05, 3.63) is 273 Å². The average Bonchev–Trinajstić information content (AvgIpc) is 3.44. The molecular formula is C64H45N. The Morgan fingerprint density at radius 3 is 1.12 bits per heavy atom. The molecule has 0 heterocycles. The minimum Gasteiger partial charge on any atom is -0.311 e. The molecule has 0 radical (unpaired) electrons. The molecule has 0 saturated carbocycles. The van der Waals surface area contributed by atoms with Crippen LogP contribution in [0.1, 0.15) is 11.0 Å². The summed E-state index contributed by atoms with van der Waals surface area (Å²) in [6, 6.07) is 69.6. The van der Waals surface area contributed by atoms with Gasteiger partial charge in [0.1, 0.15) is 0 Å². The lowest BCUT2D eigenvalue weighted by Gasteiger charge is -2.26. The molecule has 0 spiro atoms. The van der Waals surface area contributed by atoms with Crippen molar-refractivity contribution in [1.82, 2.24) is 0 Å². The number of hydrogen-bond donors (Lipinski definition) is 0. The standard InChI is InChI=1S/C64H45N/c1-5-15-46(16-6-1)49-25-27-50(28-26-49)51-29-36-59(37-30-51)65(61-40-33-55(34-41-61)64-62-24-14-13-23-54(62)35-42-63(64)53-21-11-4-12-22-53)60-38-31-52(32-39-60)58-44-56(47-17-7-2-8-18-47)43-57(45-58)48-19-9-3-10-20-48/h1-45H/i29D,30D,31D,32D,36D,37D,38D,39D. The molecule has 11 rings (SSSR count). The Bertz CT molecular complexity index is 3730. The summed E-state index contributed by atoms with van der Waals surface area (Å²) >= 11 is 0. The molecule has 306 valence electrons. The summed E-state index contributed by atoms with van der Waals surface area (Å²) < 4.78 is 77.6. The molecule has 0 N–H and O–H groups in total. The summed E-state index contributed by atoms with van der Waals surface area (Å²) in [5.41, 5.74) is 10.3. The van der Waals surface area contributed by atoms with Crippen LogP contribution in [0.3, 0.4) is 0 Å². The van der Waals surface area contributed by atoms with Gasteiger partial charge in [0.25, 0.3) is 0 Å². The number of nitrogens with zero attached hydrogens (tertiary/aromatic N) is 1. The van der Waals surface area contributed by atoms with Crippen molar-refractivity contribution < 1.29 is 11.0 Å². The van der Waals surface area contributed by atoms with Gasteiger partial charge in [-0.15, -0.1) is 0 Å². The predicted octanol–water partition coefficient (Wildman–Crippen LogP) is 18.0. The molecule has 0 aliphatic carbocycles. The second-order valence-corrected chi connectivity index (χ2v) is 15.9. The van der Waals surface area contributed by atoms with E-state index < -0.39 is 24.2 Å². The highest BCUT2D eigenvalue weighted by Crippen LogP contribution is 2.42. The summed E-state index contributed by atoms with van der Waals surface area (Å²) in [5, 5.41) is 2.08. The molecule has 11 aromatic carbocycles. The summed E-state index contributed by atoms with van der Waals surface area (Å²) in [6.45, 7) is 0. The third-order valence-electron chi connectivity index (χ3n) is 11.8. The molecule has 0 fully saturated rings. The summed E-state index contributed by atoms with van der Waals surface area (Å²) in [4.78, 5) is 1.37. The second-order valence-electron chi connectivity index (χ2n) is 15.9. The van der Waals surface area contributed by atoms with Crippen LogP contribution in [-0.4, -0.2) is 0 Å². The molecule has 65 heavy (non-hydrogen) atoms. The fourth-order valence-corrected chi connectivity index (χ4v) is 8.54. The number of benzene rings is 11. The maximum atomic E-state index is 9.85. The van der Waals surface area contributed by atoms with E-state index in [0.717, 1.165) is 66.4 Å². The quantitative estimate of drug-likeness (QED) is 0.133. The molecule has 1 heteroatoms. The van der Waals surface area contributed by atoms with E-state index in [9.17, 15) is 11.0 Å². The van der Waals surface area contributed by atoms with E-state index >= 15 is 0 Å². The third kappa shape index (κ3) is 8.16. The normalized spacial score (nSPS) is 12.8. The molecule has 0 aliphatic heterocycles. The Hall–Kier alpha value is -8.52. The molecule has 1 nitrogen and oxygen atoms in total. The number of fused-ring (bicyclic) bond motifs is 1. The lowest BCUT2D eigenvalue weighted by atomic mass is 9.89. The van der Waals surface area contributed by atoms with Crippen LogP contribution in [-0.2, 0) is 0 Å². The Morgan fingerprint density at radius 2 is 0.615 bits per heavy atom. The van der Waals surface area contributed by atoms with E-state index in [1.165, 1.54) is 4.90 Å². The zero-order chi connectivity index (χ0) is 50.3. The molecule has 0 aromatic heterocycles. The summed E-state index contributed by atoms with van der Waals surface area (Å²) in [5.74, 6) is 0. The lowest BCUT2D eigenvalue weighted by Crippen LogP contribution is -2.09. The van der Waals surface area contributed by atoms with Crippen molar-refractivity contribution >= 4 is 27.8 Å². The van der Waals surface area contributed by atoms with Crippen LogP contribution in [0.4, 0.5) is 17.1 Å². The van der Waals surface area contributed by atoms with Crippen LogP contribution in [0.5, 0.6) is 0 Å². The molecule has 0 saturated heterocycles. The zero-order valence-corrected chi connectivity index (χ0v) is 35.3. The van der Waals surface area contributed by atoms with E-state index in [-0.39, 0.29) is 46.7 Å². The smallest absolute Gasteiger partial charge is 0.0645 e. The predicted molar refractivity (Wildman–Crippen MR) is 277 cm³/mol. The van der Waals surface area contributed by atoms with Gasteiger partial charge in [-0.1, -0.05) is 218 Å². The van der Waals surface area contributed by atoms with Gasteiger partial charge in [0.05, 0.1) is 11.0 Å². The number of hydrogen-bond acceptors (Lipinski definition) is 1. The van der Waals surface area contributed by atoms with Gasteiger partial charge in [0.15, 0.2) is 0 Å². The molecule has 0 aliphatic rings. The SMILES string of the molecule is [2H]c1c([2H])c(N(c2ccc(-c3c(-c4ccccc4)ccc4ccccc34)cc2)c2c([2H])c([2H])c(-c3cc(-c4ccccc4)cc(-c4ccccc4)c3)c([2H])c2[2H])c([2H])c([2H])c1-c1ccc(-c2ccccc2)cc1. The number of anilines is 3. The van der Waals surface area contributed by atoms with E-state index in [1.54, 1.807) is 24.3 Å². The van der Waals surface area contributed by atoms with Gasteiger partial charge in [-0.25, -0.2) is 0 Å². The van der Waals surface area contributed by atoms with Gasteiger partial charge in [0.2, 0.25) is 0 Å². The van der Waals surface area contributed by atoms with Crippen LogP contribution >= 0.6 is 0 Å². The Morgan fingerprint density at radius 1 is 0.246 bits per heavy atom. The van der Waals surface area contributed by atoms with Crippen LogP contribution in [0.25, 0.3) is 88.7 Å². The maximum absolute atomic E-state index is 9.85. The molecule has 0 amide bonds.